The van der Waals surface area contributed by atoms with Crippen LogP contribution in [0.15, 0.2) is 42.5 Å². The molecule has 5 heteroatoms. The summed E-state index contributed by atoms with van der Waals surface area (Å²) >= 11 is 0. The minimum Gasteiger partial charge on any atom is -0.466 e. The van der Waals surface area contributed by atoms with Crippen LogP contribution in [0.4, 0.5) is 0 Å². The summed E-state index contributed by atoms with van der Waals surface area (Å²) in [4.78, 5) is 11.7. The fourth-order valence-corrected chi connectivity index (χ4v) is 2.36. The standard InChI is InChI=1S/C15H21NO3S/c1-11(14(17)19-5)13(12-9-7-6-8-10-12)16-20(18)15(2,3)4/h6-10,13,16H,1H2,2-5H3/t13-,20?/m0/s1. The molecule has 0 aliphatic heterocycles. The first-order valence-electron chi connectivity index (χ1n) is 6.27. The molecule has 0 radical (unpaired) electrons. The fourth-order valence-electron chi connectivity index (χ4n) is 1.52. The predicted octanol–water partition coefficient (Wildman–Crippen LogP) is 2.51. The lowest BCUT2D eigenvalue weighted by Gasteiger charge is -2.25. The highest BCUT2D eigenvalue weighted by Gasteiger charge is 2.27. The Labute approximate surface area is 122 Å². The predicted molar refractivity (Wildman–Crippen MR) is 81.4 cm³/mol. The van der Waals surface area contributed by atoms with Gasteiger partial charge in [0, 0.05) is 0 Å². The van der Waals surface area contributed by atoms with Gasteiger partial charge in [-0.05, 0) is 26.3 Å². The summed E-state index contributed by atoms with van der Waals surface area (Å²) in [6, 6.07) is 8.76. The van der Waals surface area contributed by atoms with Gasteiger partial charge in [0.1, 0.15) is 0 Å². The van der Waals surface area contributed by atoms with Crippen molar-refractivity contribution in [1.29, 1.82) is 0 Å². The van der Waals surface area contributed by atoms with E-state index in [4.69, 9.17) is 4.74 Å². The highest BCUT2D eigenvalue weighted by molar-refractivity contribution is 7.84. The quantitative estimate of drug-likeness (QED) is 0.671. The number of esters is 1. The molecule has 0 aliphatic carbocycles. The normalized spacial score (nSPS) is 14.4. The number of benzene rings is 1. The number of methoxy groups -OCH3 is 1. The summed E-state index contributed by atoms with van der Waals surface area (Å²) in [5.74, 6) is -0.516. The zero-order chi connectivity index (χ0) is 15.3. The Morgan fingerprint density at radius 3 is 2.30 bits per heavy atom. The lowest BCUT2D eigenvalue weighted by Crippen LogP contribution is -2.37. The van der Waals surface area contributed by atoms with Crippen LogP contribution in [0.5, 0.6) is 0 Å². The molecule has 0 amide bonds. The molecule has 0 saturated heterocycles. The maximum atomic E-state index is 12.3. The van der Waals surface area contributed by atoms with Gasteiger partial charge in [-0.3, -0.25) is 0 Å². The number of hydrogen-bond donors (Lipinski definition) is 1. The first-order chi connectivity index (χ1) is 9.27. The molecular weight excluding hydrogens is 274 g/mol. The largest absolute Gasteiger partial charge is 0.466 e. The smallest absolute Gasteiger partial charge is 0.335 e. The molecule has 20 heavy (non-hydrogen) atoms. The molecule has 4 nitrogen and oxygen atoms in total. The van der Waals surface area contributed by atoms with Crippen molar-refractivity contribution in [2.75, 3.05) is 7.11 Å². The van der Waals surface area contributed by atoms with E-state index in [0.29, 0.717) is 0 Å². The number of nitrogens with one attached hydrogen (secondary N) is 1. The molecule has 0 saturated carbocycles. The van der Waals surface area contributed by atoms with E-state index in [2.05, 4.69) is 11.3 Å². The molecule has 110 valence electrons. The van der Waals surface area contributed by atoms with E-state index < -0.39 is 27.7 Å². The van der Waals surface area contributed by atoms with Gasteiger partial charge in [0.05, 0.1) is 34.5 Å². The zero-order valence-corrected chi connectivity index (χ0v) is 13.1. The van der Waals surface area contributed by atoms with E-state index >= 15 is 0 Å². The van der Waals surface area contributed by atoms with Crippen molar-refractivity contribution >= 4 is 17.0 Å². The van der Waals surface area contributed by atoms with E-state index in [1.54, 1.807) is 0 Å². The summed E-state index contributed by atoms with van der Waals surface area (Å²) in [6.07, 6.45) is 0. The van der Waals surface area contributed by atoms with Crippen molar-refractivity contribution < 1.29 is 13.7 Å². The number of ether oxygens (including phenoxy) is 1. The van der Waals surface area contributed by atoms with E-state index in [1.807, 2.05) is 51.1 Å². The molecule has 2 atom stereocenters. The molecule has 1 aromatic rings. The van der Waals surface area contributed by atoms with Gasteiger partial charge < -0.3 is 4.74 Å². The van der Waals surface area contributed by atoms with Gasteiger partial charge in [0.15, 0.2) is 0 Å². The third-order valence-corrected chi connectivity index (χ3v) is 4.27. The van der Waals surface area contributed by atoms with E-state index in [1.165, 1.54) is 7.11 Å². The average Bonchev–Trinajstić information content (AvgIpc) is 2.42. The van der Waals surface area contributed by atoms with Gasteiger partial charge in [0.25, 0.3) is 0 Å². The minimum absolute atomic E-state index is 0.233. The van der Waals surface area contributed by atoms with Crippen molar-refractivity contribution in [3.63, 3.8) is 0 Å². The molecule has 0 bridgehead atoms. The van der Waals surface area contributed by atoms with Gasteiger partial charge in [-0.1, -0.05) is 36.9 Å². The van der Waals surface area contributed by atoms with Crippen molar-refractivity contribution in [2.24, 2.45) is 0 Å². The fraction of sp³-hybridized carbons (Fsp3) is 0.400. The lowest BCUT2D eigenvalue weighted by molar-refractivity contribution is -0.136. The van der Waals surface area contributed by atoms with Crippen LogP contribution >= 0.6 is 0 Å². The van der Waals surface area contributed by atoms with Gasteiger partial charge >= 0.3 is 5.97 Å². The number of rotatable bonds is 5. The van der Waals surface area contributed by atoms with Crippen LogP contribution in [-0.2, 0) is 20.5 Å². The first kappa shape index (κ1) is 16.6. The van der Waals surface area contributed by atoms with Gasteiger partial charge in [-0.2, -0.15) is 0 Å². The van der Waals surface area contributed by atoms with Crippen LogP contribution in [0.25, 0.3) is 0 Å². The lowest BCUT2D eigenvalue weighted by atomic mass is 10.0. The molecule has 0 fully saturated rings. The average molecular weight is 295 g/mol. The molecule has 0 aromatic heterocycles. The van der Waals surface area contributed by atoms with Crippen LogP contribution in [0, 0.1) is 0 Å². The van der Waals surface area contributed by atoms with Crippen LogP contribution in [0.1, 0.15) is 32.4 Å². The van der Waals surface area contributed by atoms with Crippen molar-refractivity contribution in [3.05, 3.63) is 48.0 Å². The molecule has 0 heterocycles. The Balaban J connectivity index is 3.06. The van der Waals surface area contributed by atoms with Crippen molar-refractivity contribution in [1.82, 2.24) is 4.72 Å². The summed E-state index contributed by atoms with van der Waals surface area (Å²) in [6.45, 7) is 9.35. The van der Waals surface area contributed by atoms with Crippen molar-refractivity contribution in [3.8, 4) is 0 Å². The Morgan fingerprint density at radius 1 is 1.30 bits per heavy atom. The Morgan fingerprint density at radius 2 is 1.85 bits per heavy atom. The molecule has 1 N–H and O–H groups in total. The maximum absolute atomic E-state index is 12.3. The Bertz CT molecular complexity index is 506. The number of carbonyl (C=O) groups excluding carboxylic acids is 1. The van der Waals surface area contributed by atoms with E-state index in [9.17, 15) is 9.00 Å². The molecule has 1 aromatic carbocycles. The van der Waals surface area contributed by atoms with Crippen LogP contribution in [-0.4, -0.2) is 22.0 Å². The number of carbonyl (C=O) groups is 1. The molecular formula is C15H21NO3S. The van der Waals surface area contributed by atoms with Gasteiger partial charge in [-0.15, -0.1) is 0 Å². The molecule has 0 aliphatic rings. The summed E-state index contributed by atoms with van der Waals surface area (Å²) in [5.41, 5.74) is 1.05. The summed E-state index contributed by atoms with van der Waals surface area (Å²) in [5, 5.41) is 0. The molecule has 1 unspecified atom stereocenters. The monoisotopic (exact) mass is 295 g/mol. The second kappa shape index (κ2) is 6.81. The third-order valence-electron chi connectivity index (χ3n) is 2.71. The summed E-state index contributed by atoms with van der Waals surface area (Å²) < 4.78 is 19.5. The topological polar surface area (TPSA) is 55.4 Å². The van der Waals surface area contributed by atoms with E-state index in [0.717, 1.165) is 5.56 Å². The second-order valence-corrected chi connectivity index (χ2v) is 7.36. The zero-order valence-electron chi connectivity index (χ0n) is 12.3. The SMILES string of the molecule is C=C(C(=O)OC)[C@H](NS(=O)C(C)(C)C)c1ccccc1. The Kier molecular flexibility index (Phi) is 5.65. The first-order valence-corrected chi connectivity index (χ1v) is 7.42. The van der Waals surface area contributed by atoms with Crippen molar-refractivity contribution in [2.45, 2.75) is 31.6 Å². The molecule has 0 spiro atoms. The maximum Gasteiger partial charge on any atom is 0.335 e. The Hall–Kier alpha value is -1.46. The number of hydrogen-bond acceptors (Lipinski definition) is 3. The third kappa shape index (κ3) is 4.28. The minimum atomic E-state index is -1.33. The highest BCUT2D eigenvalue weighted by atomic mass is 32.2. The second-order valence-electron chi connectivity index (χ2n) is 5.36. The van der Waals surface area contributed by atoms with E-state index in [-0.39, 0.29) is 5.57 Å². The van der Waals surface area contributed by atoms with Crippen LogP contribution < -0.4 is 4.72 Å². The van der Waals surface area contributed by atoms with Crippen LogP contribution in [0.3, 0.4) is 0 Å². The summed E-state index contributed by atoms with van der Waals surface area (Å²) in [7, 11) is -0.0237. The van der Waals surface area contributed by atoms with Gasteiger partial charge in [0.2, 0.25) is 0 Å². The van der Waals surface area contributed by atoms with Crippen LogP contribution in [0.2, 0.25) is 0 Å². The molecule has 1 rings (SSSR count). The highest BCUT2D eigenvalue weighted by Crippen LogP contribution is 2.24. The van der Waals surface area contributed by atoms with Gasteiger partial charge in [-0.25, -0.2) is 13.7 Å².